The minimum atomic E-state index is -0.210. The molecule has 0 unspecified atom stereocenters. The highest BCUT2D eigenvalue weighted by molar-refractivity contribution is 4.68. The highest BCUT2D eigenvalue weighted by atomic mass is 16.5. The van der Waals surface area contributed by atoms with E-state index in [1.54, 1.807) is 7.11 Å². The van der Waals surface area contributed by atoms with Gasteiger partial charge in [-0.2, -0.15) is 0 Å². The maximum atomic E-state index is 5.42. The van der Waals surface area contributed by atoms with Crippen LogP contribution in [0.15, 0.2) is 0 Å². The van der Waals surface area contributed by atoms with Crippen molar-refractivity contribution in [1.29, 1.82) is 0 Å². The van der Waals surface area contributed by atoms with Crippen LogP contribution in [0.4, 0.5) is 0 Å². The second kappa shape index (κ2) is 8.97. The van der Waals surface area contributed by atoms with Crippen molar-refractivity contribution in [1.82, 2.24) is 0 Å². The van der Waals surface area contributed by atoms with Gasteiger partial charge in [-0.3, -0.25) is 0 Å². The summed E-state index contributed by atoms with van der Waals surface area (Å²) in [6, 6.07) is 0. The molecular weight excluding hydrogens is 154 g/mol. The lowest BCUT2D eigenvalue weighted by Crippen LogP contribution is -2.35. The van der Waals surface area contributed by atoms with Gasteiger partial charge in [-0.25, -0.2) is 0 Å². The van der Waals surface area contributed by atoms with Crippen LogP contribution in [-0.4, -0.2) is 32.5 Å². The molecule has 0 aliphatic rings. The van der Waals surface area contributed by atoms with Crippen LogP contribution in [0.5, 0.6) is 0 Å². The lowest BCUT2D eigenvalue weighted by atomic mass is 10.1. The van der Waals surface area contributed by atoms with Crippen molar-refractivity contribution in [2.24, 2.45) is 5.73 Å². The Hall–Kier alpha value is -0.120. The zero-order valence-electron chi connectivity index (χ0n) is 9.02. The van der Waals surface area contributed by atoms with Crippen LogP contribution in [0.1, 0.15) is 27.7 Å². The van der Waals surface area contributed by atoms with Crippen LogP contribution in [-0.2, 0) is 9.47 Å². The largest absolute Gasteiger partial charge is 0.382 e. The Kier molecular flexibility index (Phi) is 10.8. The van der Waals surface area contributed by atoms with E-state index in [0.717, 1.165) is 0 Å². The van der Waals surface area contributed by atoms with Crippen molar-refractivity contribution in [3.63, 3.8) is 0 Å². The predicted molar refractivity (Wildman–Crippen MR) is 52.3 cm³/mol. The van der Waals surface area contributed by atoms with E-state index in [4.69, 9.17) is 15.2 Å². The molecule has 12 heavy (non-hydrogen) atoms. The molecule has 0 aliphatic carbocycles. The summed E-state index contributed by atoms with van der Waals surface area (Å²) >= 11 is 0. The molecule has 2 N–H and O–H groups in total. The highest BCUT2D eigenvalue weighted by Gasteiger charge is 2.14. The van der Waals surface area contributed by atoms with E-state index in [0.29, 0.717) is 19.8 Å². The molecule has 0 heterocycles. The Morgan fingerprint density at radius 2 is 1.67 bits per heavy atom. The van der Waals surface area contributed by atoms with Gasteiger partial charge in [0.15, 0.2) is 0 Å². The third kappa shape index (κ3) is 9.88. The predicted octanol–water partition coefficient (Wildman–Crippen LogP) is 1.41. The Morgan fingerprint density at radius 1 is 1.17 bits per heavy atom. The number of nitrogens with two attached hydrogens (primary N) is 1. The van der Waals surface area contributed by atoms with Gasteiger partial charge in [-0.05, 0) is 13.8 Å². The molecule has 0 amide bonds. The quantitative estimate of drug-likeness (QED) is 0.646. The van der Waals surface area contributed by atoms with Crippen molar-refractivity contribution in [2.45, 2.75) is 33.3 Å². The molecule has 0 aromatic rings. The minimum absolute atomic E-state index is 0.210. The SMILES string of the molecule is CC.COCCOC(C)(C)CN. The summed E-state index contributed by atoms with van der Waals surface area (Å²) in [6.45, 7) is 9.70. The highest BCUT2D eigenvalue weighted by Crippen LogP contribution is 2.04. The maximum Gasteiger partial charge on any atom is 0.0749 e. The number of hydrogen-bond acceptors (Lipinski definition) is 3. The van der Waals surface area contributed by atoms with Gasteiger partial charge in [-0.15, -0.1) is 0 Å². The average molecular weight is 177 g/mol. The summed E-state index contributed by atoms with van der Waals surface area (Å²) < 4.78 is 10.2. The number of rotatable bonds is 5. The molecule has 0 atom stereocenters. The molecule has 0 rings (SSSR count). The summed E-state index contributed by atoms with van der Waals surface area (Å²) in [5, 5.41) is 0. The molecule has 0 aromatic carbocycles. The lowest BCUT2D eigenvalue weighted by molar-refractivity contribution is -0.0330. The second-order valence-corrected chi connectivity index (χ2v) is 2.81. The fourth-order valence-electron chi connectivity index (χ4n) is 0.460. The number of hydrogen-bond donors (Lipinski definition) is 1. The Morgan fingerprint density at radius 3 is 2.00 bits per heavy atom. The van der Waals surface area contributed by atoms with E-state index < -0.39 is 0 Å². The average Bonchev–Trinajstić information content (AvgIpc) is 2.09. The van der Waals surface area contributed by atoms with Crippen LogP contribution in [0.2, 0.25) is 0 Å². The maximum absolute atomic E-state index is 5.42. The van der Waals surface area contributed by atoms with Gasteiger partial charge < -0.3 is 15.2 Å². The first-order chi connectivity index (χ1) is 5.62. The monoisotopic (exact) mass is 177 g/mol. The molecule has 3 heteroatoms. The minimum Gasteiger partial charge on any atom is -0.382 e. The summed E-state index contributed by atoms with van der Waals surface area (Å²) in [5.41, 5.74) is 5.21. The van der Waals surface area contributed by atoms with E-state index in [2.05, 4.69) is 0 Å². The summed E-state index contributed by atoms with van der Waals surface area (Å²) in [7, 11) is 1.65. The fraction of sp³-hybridized carbons (Fsp3) is 1.00. The van der Waals surface area contributed by atoms with E-state index in [1.807, 2.05) is 27.7 Å². The first-order valence-electron chi connectivity index (χ1n) is 4.45. The van der Waals surface area contributed by atoms with Gasteiger partial charge in [-0.1, -0.05) is 13.8 Å². The molecule has 0 saturated carbocycles. The first kappa shape index (κ1) is 14.4. The molecule has 0 saturated heterocycles. The van der Waals surface area contributed by atoms with Gasteiger partial charge in [0.1, 0.15) is 0 Å². The summed E-state index contributed by atoms with van der Waals surface area (Å²) in [4.78, 5) is 0. The Labute approximate surface area is 76.2 Å². The lowest BCUT2D eigenvalue weighted by Gasteiger charge is -2.22. The summed E-state index contributed by atoms with van der Waals surface area (Å²) in [5.74, 6) is 0. The van der Waals surface area contributed by atoms with Crippen LogP contribution in [0.25, 0.3) is 0 Å². The Balaban J connectivity index is 0. The van der Waals surface area contributed by atoms with E-state index in [1.165, 1.54) is 0 Å². The zero-order chi connectivity index (χ0) is 10.0. The van der Waals surface area contributed by atoms with Gasteiger partial charge >= 0.3 is 0 Å². The van der Waals surface area contributed by atoms with Crippen molar-refractivity contribution < 1.29 is 9.47 Å². The summed E-state index contributed by atoms with van der Waals surface area (Å²) in [6.07, 6.45) is 0. The third-order valence-corrected chi connectivity index (χ3v) is 1.27. The van der Waals surface area contributed by atoms with E-state index in [-0.39, 0.29) is 5.60 Å². The van der Waals surface area contributed by atoms with E-state index in [9.17, 15) is 0 Å². The molecule has 76 valence electrons. The van der Waals surface area contributed by atoms with Gasteiger partial charge in [0, 0.05) is 13.7 Å². The van der Waals surface area contributed by atoms with Gasteiger partial charge in [0.25, 0.3) is 0 Å². The van der Waals surface area contributed by atoms with Gasteiger partial charge in [0.2, 0.25) is 0 Å². The van der Waals surface area contributed by atoms with E-state index >= 15 is 0 Å². The van der Waals surface area contributed by atoms with Crippen molar-refractivity contribution in [3.05, 3.63) is 0 Å². The Bertz CT molecular complexity index is 84.6. The molecule has 3 nitrogen and oxygen atoms in total. The molecule has 0 fully saturated rings. The fourth-order valence-corrected chi connectivity index (χ4v) is 0.460. The van der Waals surface area contributed by atoms with Crippen molar-refractivity contribution >= 4 is 0 Å². The van der Waals surface area contributed by atoms with Crippen molar-refractivity contribution in [3.8, 4) is 0 Å². The normalized spacial score (nSPS) is 10.5. The second-order valence-electron chi connectivity index (χ2n) is 2.81. The molecular formula is C9H23NO2. The smallest absolute Gasteiger partial charge is 0.0749 e. The first-order valence-corrected chi connectivity index (χ1v) is 4.45. The molecule has 0 bridgehead atoms. The number of ether oxygens (including phenoxy) is 2. The zero-order valence-corrected chi connectivity index (χ0v) is 9.02. The molecule has 0 radical (unpaired) electrons. The van der Waals surface area contributed by atoms with Gasteiger partial charge in [0.05, 0.1) is 18.8 Å². The van der Waals surface area contributed by atoms with Crippen LogP contribution in [0, 0.1) is 0 Å². The standard InChI is InChI=1S/C7H17NO2.C2H6/c1-7(2,6-8)10-5-4-9-3;1-2/h4-6,8H2,1-3H3;1-2H3. The van der Waals surface area contributed by atoms with Crippen LogP contribution in [0.3, 0.4) is 0 Å². The number of methoxy groups -OCH3 is 1. The molecule has 0 aliphatic heterocycles. The topological polar surface area (TPSA) is 44.5 Å². The molecule has 0 aromatic heterocycles. The van der Waals surface area contributed by atoms with Crippen LogP contribution < -0.4 is 5.73 Å². The van der Waals surface area contributed by atoms with Crippen molar-refractivity contribution in [2.75, 3.05) is 26.9 Å². The van der Waals surface area contributed by atoms with Crippen LogP contribution >= 0.6 is 0 Å². The third-order valence-electron chi connectivity index (χ3n) is 1.27. The molecule has 0 spiro atoms.